The van der Waals surface area contributed by atoms with Crippen molar-refractivity contribution < 1.29 is 47.6 Å². The average molecular weight is 882 g/mol. The average Bonchev–Trinajstić information content (AvgIpc) is 3.67. The summed E-state index contributed by atoms with van der Waals surface area (Å²) in [6.07, 6.45) is 7.22. The predicted octanol–water partition coefficient (Wildman–Crippen LogP) is 8.08. The van der Waals surface area contributed by atoms with Gasteiger partial charge < -0.3 is 48.0 Å². The molecule has 5 aliphatic rings. The lowest BCUT2D eigenvalue weighted by Gasteiger charge is -2.42. The molecule has 3 aromatic rings. The van der Waals surface area contributed by atoms with Crippen LogP contribution in [0.4, 0.5) is 21.0 Å². The highest BCUT2D eigenvalue weighted by Crippen LogP contribution is 2.47. The fourth-order valence-corrected chi connectivity index (χ4v) is 9.78. The molecule has 0 bridgehead atoms. The number of benzene rings is 3. The van der Waals surface area contributed by atoms with Gasteiger partial charge in [-0.1, -0.05) is 43.8 Å². The molecule has 3 aromatic carbocycles. The molecule has 4 atom stereocenters. The van der Waals surface area contributed by atoms with E-state index in [-0.39, 0.29) is 30.4 Å². The minimum Gasteiger partial charge on any atom is -0.493 e. The largest absolute Gasteiger partial charge is 0.493 e. The van der Waals surface area contributed by atoms with Crippen LogP contribution in [-0.4, -0.2) is 131 Å². The molecular weight excluding hydrogens is 819 g/mol. The van der Waals surface area contributed by atoms with Crippen LogP contribution in [0.15, 0.2) is 55.1 Å². The summed E-state index contributed by atoms with van der Waals surface area (Å²) in [6.45, 7) is 10.6. The number of carbonyl (C=O) groups is 4. The molecule has 1 unspecified atom stereocenters. The van der Waals surface area contributed by atoms with E-state index in [9.17, 15) is 19.2 Å². The Balaban J connectivity index is 0.953. The Kier molecular flexibility index (Phi) is 14.6. The zero-order chi connectivity index (χ0) is 44.7. The maximum absolute atomic E-state index is 14.3. The standard InChI is InChI=1S/C49H63N5O10/c1-5-26-62-49(58)54-38-30-42(41(59-4)29-36(38)46(56)52-21-13-11-18-37(52)47(54)64-44-20-12-15-28-61-44)60-27-14-7-8-19-43(55)53-32-33(6-2)45-35-17-10-9-16-34(35)40(31-39(45)53)63-48(57)51-24-22-50(3)23-25-51/h5,9-10,16-17,29-31,33,37,44,47H,1,6-8,11-15,18-28,32H2,2-4H3/t33-,37+,44?,47+/m1/s1. The SMILES string of the molecule is C=CCOC(=O)N1c2cc(OCCCCCC(=O)N3C[C@@H](CC)c4c3cc(OC(=O)N3CCN(C)CC3)c3ccccc43)c(OC)cc2C(=O)N2CCCC[C@H]2[C@@H]1OC1CCCCO1. The summed E-state index contributed by atoms with van der Waals surface area (Å²) in [5.74, 6) is 1.18. The maximum Gasteiger partial charge on any atom is 0.416 e. The molecule has 0 aliphatic carbocycles. The Morgan fingerprint density at radius 1 is 0.875 bits per heavy atom. The number of amides is 4. The van der Waals surface area contributed by atoms with Crippen molar-refractivity contribution in [3.8, 4) is 17.2 Å². The number of likely N-dealkylation sites (N-methyl/N-ethyl adjacent to an activating group) is 1. The van der Waals surface area contributed by atoms with E-state index in [0.29, 0.717) is 100.0 Å². The third kappa shape index (κ3) is 9.52. The van der Waals surface area contributed by atoms with Crippen molar-refractivity contribution in [1.82, 2.24) is 14.7 Å². The number of rotatable bonds is 14. The highest BCUT2D eigenvalue weighted by molar-refractivity contribution is 6.06. The van der Waals surface area contributed by atoms with Gasteiger partial charge in [0.2, 0.25) is 5.91 Å². The first kappa shape index (κ1) is 45.2. The van der Waals surface area contributed by atoms with Gasteiger partial charge in [0.25, 0.3) is 5.91 Å². The first-order chi connectivity index (χ1) is 31.2. The fourth-order valence-electron chi connectivity index (χ4n) is 9.78. The third-order valence-corrected chi connectivity index (χ3v) is 13.3. The quantitative estimate of drug-likeness (QED) is 0.115. The van der Waals surface area contributed by atoms with E-state index >= 15 is 0 Å². The molecule has 15 nitrogen and oxygen atoms in total. The Labute approximate surface area is 376 Å². The van der Waals surface area contributed by atoms with Crippen molar-refractivity contribution in [2.45, 2.75) is 102 Å². The van der Waals surface area contributed by atoms with Crippen LogP contribution in [0, 0.1) is 0 Å². The molecule has 5 aliphatic heterocycles. The van der Waals surface area contributed by atoms with Gasteiger partial charge in [0, 0.05) is 75.7 Å². The fraction of sp³-hybridized carbons (Fsp3) is 0.551. The molecule has 5 heterocycles. The summed E-state index contributed by atoms with van der Waals surface area (Å²) >= 11 is 0. The van der Waals surface area contributed by atoms with Crippen LogP contribution in [0.3, 0.4) is 0 Å². The molecule has 64 heavy (non-hydrogen) atoms. The predicted molar refractivity (Wildman–Crippen MR) is 243 cm³/mol. The zero-order valence-electron chi connectivity index (χ0n) is 37.6. The molecule has 0 radical (unpaired) electrons. The van der Waals surface area contributed by atoms with Gasteiger partial charge in [-0.3, -0.25) is 9.59 Å². The molecule has 0 aromatic heterocycles. The van der Waals surface area contributed by atoms with E-state index in [1.54, 1.807) is 17.0 Å². The van der Waals surface area contributed by atoms with Crippen molar-refractivity contribution >= 4 is 46.1 Å². The second-order valence-electron chi connectivity index (χ2n) is 17.4. The smallest absolute Gasteiger partial charge is 0.416 e. The summed E-state index contributed by atoms with van der Waals surface area (Å²) < 4.78 is 36.5. The molecule has 0 saturated carbocycles. The van der Waals surface area contributed by atoms with Crippen LogP contribution in [0.5, 0.6) is 17.2 Å². The molecule has 15 heteroatoms. The Morgan fingerprint density at radius 3 is 2.41 bits per heavy atom. The Bertz CT molecular complexity index is 2190. The van der Waals surface area contributed by atoms with Gasteiger partial charge in [0.1, 0.15) is 12.4 Å². The lowest BCUT2D eigenvalue weighted by Crippen LogP contribution is -2.57. The summed E-state index contributed by atoms with van der Waals surface area (Å²) in [6, 6.07) is 12.8. The Morgan fingerprint density at radius 2 is 1.66 bits per heavy atom. The third-order valence-electron chi connectivity index (χ3n) is 13.3. The van der Waals surface area contributed by atoms with Gasteiger partial charge in [0.05, 0.1) is 36.7 Å². The summed E-state index contributed by atoms with van der Waals surface area (Å²) in [5.41, 5.74) is 2.55. The van der Waals surface area contributed by atoms with Gasteiger partial charge >= 0.3 is 12.2 Å². The second kappa shape index (κ2) is 20.6. The molecule has 0 spiro atoms. The second-order valence-corrected chi connectivity index (χ2v) is 17.4. The summed E-state index contributed by atoms with van der Waals surface area (Å²) in [5, 5.41) is 1.87. The topological polar surface area (TPSA) is 140 Å². The van der Waals surface area contributed by atoms with E-state index in [0.717, 1.165) is 73.6 Å². The van der Waals surface area contributed by atoms with Crippen LogP contribution < -0.4 is 24.0 Å². The number of fused-ring (bicyclic) bond motifs is 5. The lowest BCUT2D eigenvalue weighted by atomic mass is 9.93. The minimum atomic E-state index is -0.859. The van der Waals surface area contributed by atoms with Crippen molar-refractivity contribution in [3.63, 3.8) is 0 Å². The van der Waals surface area contributed by atoms with Gasteiger partial charge in [-0.05, 0) is 88.3 Å². The molecule has 3 fully saturated rings. The number of hydrogen-bond donors (Lipinski definition) is 0. The van der Waals surface area contributed by atoms with E-state index in [2.05, 4.69) is 24.5 Å². The first-order valence-electron chi connectivity index (χ1n) is 23.2. The van der Waals surface area contributed by atoms with Crippen molar-refractivity contribution in [3.05, 3.63) is 66.2 Å². The van der Waals surface area contributed by atoms with Gasteiger partial charge in [-0.15, -0.1) is 0 Å². The molecule has 3 saturated heterocycles. The van der Waals surface area contributed by atoms with Crippen LogP contribution >= 0.6 is 0 Å². The number of ether oxygens (including phenoxy) is 6. The zero-order valence-corrected chi connectivity index (χ0v) is 37.6. The number of methoxy groups -OCH3 is 1. The molecule has 4 amide bonds. The van der Waals surface area contributed by atoms with Crippen LogP contribution in [0.25, 0.3) is 10.8 Å². The van der Waals surface area contributed by atoms with E-state index in [4.69, 9.17) is 28.4 Å². The molecule has 8 rings (SSSR count). The first-order valence-corrected chi connectivity index (χ1v) is 23.2. The number of nitrogens with zero attached hydrogens (tertiary/aromatic N) is 5. The number of anilines is 2. The number of piperidine rings is 1. The van der Waals surface area contributed by atoms with Gasteiger partial charge in [-0.25, -0.2) is 14.5 Å². The van der Waals surface area contributed by atoms with E-state index in [1.165, 1.54) is 18.1 Å². The van der Waals surface area contributed by atoms with E-state index in [1.807, 2.05) is 41.1 Å². The monoisotopic (exact) mass is 881 g/mol. The van der Waals surface area contributed by atoms with Crippen molar-refractivity contribution in [2.75, 3.05) is 83.0 Å². The normalized spacial score (nSPS) is 22.3. The number of unbranched alkanes of at least 4 members (excludes halogenated alkanes) is 2. The van der Waals surface area contributed by atoms with Crippen LogP contribution in [-0.2, 0) is 19.0 Å². The number of carbonyl (C=O) groups excluding carboxylic acids is 4. The highest BCUT2D eigenvalue weighted by atomic mass is 16.7. The number of piperazine rings is 1. The Hall–Kier alpha value is -5.38. The number of hydrogen-bond acceptors (Lipinski definition) is 11. The highest BCUT2D eigenvalue weighted by Gasteiger charge is 2.47. The van der Waals surface area contributed by atoms with Crippen LogP contribution in [0.1, 0.15) is 99.4 Å². The summed E-state index contributed by atoms with van der Waals surface area (Å²) in [4.78, 5) is 64.8. The van der Waals surface area contributed by atoms with Gasteiger partial charge in [-0.2, -0.15) is 0 Å². The van der Waals surface area contributed by atoms with Crippen molar-refractivity contribution in [2.24, 2.45) is 0 Å². The summed E-state index contributed by atoms with van der Waals surface area (Å²) in [7, 11) is 3.57. The van der Waals surface area contributed by atoms with Crippen molar-refractivity contribution in [1.29, 1.82) is 0 Å². The van der Waals surface area contributed by atoms with Crippen LogP contribution in [0.2, 0.25) is 0 Å². The lowest BCUT2D eigenvalue weighted by molar-refractivity contribution is -0.198. The minimum absolute atomic E-state index is 0.0182. The maximum atomic E-state index is 14.3. The molecule has 344 valence electrons. The van der Waals surface area contributed by atoms with E-state index < -0.39 is 24.7 Å². The molecular formula is C49H63N5O10. The molecule has 0 N–H and O–H groups in total. The van der Waals surface area contributed by atoms with Gasteiger partial charge in [0.15, 0.2) is 24.0 Å².